The lowest BCUT2D eigenvalue weighted by Gasteiger charge is -2.26. The molecule has 1 unspecified atom stereocenters. The second-order valence-corrected chi connectivity index (χ2v) is 8.56. The van der Waals surface area contributed by atoms with E-state index >= 15 is 0 Å². The molecule has 0 amide bonds. The summed E-state index contributed by atoms with van der Waals surface area (Å²) in [7, 11) is -2.00. The number of anilines is 1. The van der Waals surface area contributed by atoms with Crippen LogP contribution in [0.1, 0.15) is 27.2 Å². The zero-order valence-corrected chi connectivity index (χ0v) is 13.9. The highest BCUT2D eigenvalue weighted by Crippen LogP contribution is 2.36. The molecule has 1 aromatic rings. The number of methoxy groups -OCH3 is 1. The molecule has 5 nitrogen and oxygen atoms in total. The molecule has 0 radical (unpaired) electrons. The minimum absolute atomic E-state index is 0.114. The number of ether oxygens (including phenoxy) is 1. The fraction of sp³-hybridized carbons (Fsp3) is 0.600. The number of nitrogen functional groups attached to an aromatic ring is 1. The van der Waals surface area contributed by atoms with E-state index < -0.39 is 10.0 Å². The van der Waals surface area contributed by atoms with Crippen molar-refractivity contribution in [3.8, 4) is 5.75 Å². The first-order chi connectivity index (χ1) is 9.66. The molecule has 6 heteroatoms. The average molecular weight is 312 g/mol. The van der Waals surface area contributed by atoms with Gasteiger partial charge in [-0.15, -0.1) is 0 Å². The maximum atomic E-state index is 12.7. The molecular weight excluding hydrogens is 288 g/mol. The lowest BCUT2D eigenvalue weighted by atomic mass is 9.80. The van der Waals surface area contributed by atoms with E-state index in [9.17, 15) is 8.42 Å². The fourth-order valence-electron chi connectivity index (χ4n) is 2.65. The third-order valence-corrected chi connectivity index (χ3v) is 6.08. The van der Waals surface area contributed by atoms with Gasteiger partial charge in [0.05, 0.1) is 17.7 Å². The highest BCUT2D eigenvalue weighted by molar-refractivity contribution is 7.89. The summed E-state index contributed by atoms with van der Waals surface area (Å²) in [6.45, 7) is 7.59. The molecule has 0 aliphatic carbocycles. The molecule has 0 spiro atoms. The average Bonchev–Trinajstić information content (AvgIpc) is 2.89. The molecule has 1 saturated heterocycles. The quantitative estimate of drug-likeness (QED) is 0.870. The van der Waals surface area contributed by atoms with Gasteiger partial charge in [0.25, 0.3) is 0 Å². The topological polar surface area (TPSA) is 72.6 Å². The van der Waals surface area contributed by atoms with Gasteiger partial charge in [-0.1, -0.05) is 20.8 Å². The Hall–Kier alpha value is -1.27. The van der Waals surface area contributed by atoms with Crippen LogP contribution >= 0.6 is 0 Å². The van der Waals surface area contributed by atoms with E-state index in [1.807, 2.05) is 0 Å². The maximum Gasteiger partial charge on any atom is 0.243 e. The number of benzene rings is 1. The van der Waals surface area contributed by atoms with Crippen molar-refractivity contribution in [3.05, 3.63) is 18.2 Å². The maximum absolute atomic E-state index is 12.7. The van der Waals surface area contributed by atoms with Crippen LogP contribution in [0, 0.1) is 11.3 Å². The van der Waals surface area contributed by atoms with E-state index in [1.54, 1.807) is 10.4 Å². The van der Waals surface area contributed by atoms with Crippen LogP contribution in [0.5, 0.6) is 5.75 Å². The minimum atomic E-state index is -3.48. The zero-order chi connectivity index (χ0) is 15.8. The summed E-state index contributed by atoms with van der Waals surface area (Å²) >= 11 is 0. The normalized spacial score (nSPS) is 20.7. The molecule has 1 aliphatic heterocycles. The number of nitrogens with zero attached hydrogens (tertiary/aromatic N) is 1. The second kappa shape index (κ2) is 5.50. The summed E-state index contributed by atoms with van der Waals surface area (Å²) in [5.74, 6) is 0.769. The van der Waals surface area contributed by atoms with Crippen LogP contribution < -0.4 is 10.5 Å². The number of nitrogens with two attached hydrogens (primary N) is 1. The predicted molar refractivity (Wildman–Crippen MR) is 83.7 cm³/mol. The van der Waals surface area contributed by atoms with Crippen molar-refractivity contribution in [2.24, 2.45) is 11.3 Å². The van der Waals surface area contributed by atoms with Gasteiger partial charge in [0.1, 0.15) is 5.75 Å². The summed E-state index contributed by atoms with van der Waals surface area (Å²) in [6.07, 6.45) is 0.898. The van der Waals surface area contributed by atoms with Crippen LogP contribution in [-0.4, -0.2) is 32.9 Å². The van der Waals surface area contributed by atoms with Crippen molar-refractivity contribution in [2.75, 3.05) is 25.9 Å². The van der Waals surface area contributed by atoms with Gasteiger partial charge >= 0.3 is 0 Å². The largest absolute Gasteiger partial charge is 0.495 e. The van der Waals surface area contributed by atoms with Crippen molar-refractivity contribution in [1.82, 2.24) is 4.31 Å². The summed E-state index contributed by atoms with van der Waals surface area (Å²) < 4.78 is 32.1. The predicted octanol–water partition coefficient (Wildman–Crippen LogP) is 2.33. The second-order valence-electron chi connectivity index (χ2n) is 6.62. The van der Waals surface area contributed by atoms with Gasteiger partial charge in [0, 0.05) is 19.2 Å². The first-order valence-electron chi connectivity index (χ1n) is 7.10. The number of hydrogen-bond donors (Lipinski definition) is 1. The fourth-order valence-corrected chi connectivity index (χ4v) is 4.17. The van der Waals surface area contributed by atoms with Gasteiger partial charge in [0.15, 0.2) is 0 Å². The number of hydrogen-bond acceptors (Lipinski definition) is 4. The van der Waals surface area contributed by atoms with Crippen molar-refractivity contribution in [2.45, 2.75) is 32.1 Å². The third kappa shape index (κ3) is 3.16. The molecule has 1 fully saturated rings. The molecular formula is C15H24N2O3S. The van der Waals surface area contributed by atoms with E-state index in [1.165, 1.54) is 19.2 Å². The molecule has 1 aliphatic rings. The summed E-state index contributed by atoms with van der Waals surface area (Å²) in [4.78, 5) is 0.239. The third-order valence-electron chi connectivity index (χ3n) is 4.22. The van der Waals surface area contributed by atoms with Crippen molar-refractivity contribution >= 4 is 15.7 Å². The first kappa shape index (κ1) is 16.1. The number of rotatable bonds is 3. The SMILES string of the molecule is COc1cc(S(=O)(=O)N2CCC(C(C)(C)C)C2)ccc1N. The Morgan fingerprint density at radius 1 is 1.33 bits per heavy atom. The highest BCUT2D eigenvalue weighted by Gasteiger charge is 2.37. The summed E-state index contributed by atoms with van der Waals surface area (Å²) in [5, 5.41) is 0. The molecule has 1 atom stereocenters. The lowest BCUT2D eigenvalue weighted by Crippen LogP contribution is -2.31. The molecule has 2 N–H and O–H groups in total. The van der Waals surface area contributed by atoms with Gasteiger partial charge in [0.2, 0.25) is 10.0 Å². The molecule has 0 aromatic heterocycles. The molecule has 118 valence electrons. The van der Waals surface area contributed by atoms with Crippen molar-refractivity contribution in [1.29, 1.82) is 0 Å². The molecule has 2 rings (SSSR count). The van der Waals surface area contributed by atoms with Crippen molar-refractivity contribution < 1.29 is 13.2 Å². The van der Waals surface area contributed by atoms with Crippen LogP contribution in [-0.2, 0) is 10.0 Å². The Kier molecular flexibility index (Phi) is 4.22. The van der Waals surface area contributed by atoms with Crippen molar-refractivity contribution in [3.63, 3.8) is 0 Å². The molecule has 1 aromatic carbocycles. The molecule has 1 heterocycles. The van der Waals surface area contributed by atoms with Crippen LogP contribution in [0.15, 0.2) is 23.1 Å². The van der Waals surface area contributed by atoms with E-state index in [2.05, 4.69) is 20.8 Å². The van der Waals surface area contributed by atoms with E-state index in [0.29, 0.717) is 30.4 Å². The van der Waals surface area contributed by atoms with Crippen LogP contribution in [0.3, 0.4) is 0 Å². The van der Waals surface area contributed by atoms with E-state index in [0.717, 1.165) is 6.42 Å². The minimum Gasteiger partial charge on any atom is -0.495 e. The van der Waals surface area contributed by atoms with Gasteiger partial charge in [-0.3, -0.25) is 0 Å². The zero-order valence-electron chi connectivity index (χ0n) is 13.1. The Morgan fingerprint density at radius 2 is 2.00 bits per heavy atom. The van der Waals surface area contributed by atoms with Crippen LogP contribution in [0.25, 0.3) is 0 Å². The Bertz CT molecular complexity index is 620. The Balaban J connectivity index is 2.27. The van der Waals surface area contributed by atoms with E-state index in [-0.39, 0.29) is 10.3 Å². The monoisotopic (exact) mass is 312 g/mol. The van der Waals surface area contributed by atoms with Gasteiger partial charge in [-0.05, 0) is 29.9 Å². The van der Waals surface area contributed by atoms with E-state index in [4.69, 9.17) is 10.5 Å². The smallest absolute Gasteiger partial charge is 0.243 e. The standard InChI is InChI=1S/C15H24N2O3S/c1-15(2,3)11-7-8-17(10-11)21(18,19)12-5-6-13(16)14(9-12)20-4/h5-6,9,11H,7-8,10,16H2,1-4H3. The summed E-state index contributed by atoms with van der Waals surface area (Å²) in [5.41, 5.74) is 6.29. The van der Waals surface area contributed by atoms with Gasteiger partial charge < -0.3 is 10.5 Å². The molecule has 0 bridgehead atoms. The highest BCUT2D eigenvalue weighted by atomic mass is 32.2. The molecule has 21 heavy (non-hydrogen) atoms. The lowest BCUT2D eigenvalue weighted by molar-refractivity contribution is 0.252. The van der Waals surface area contributed by atoms with Crippen LogP contribution in [0.2, 0.25) is 0 Å². The van der Waals surface area contributed by atoms with Gasteiger partial charge in [-0.2, -0.15) is 4.31 Å². The molecule has 0 saturated carbocycles. The van der Waals surface area contributed by atoms with Gasteiger partial charge in [-0.25, -0.2) is 8.42 Å². The number of sulfonamides is 1. The Morgan fingerprint density at radius 3 is 2.52 bits per heavy atom. The first-order valence-corrected chi connectivity index (χ1v) is 8.54. The summed E-state index contributed by atoms with van der Waals surface area (Å²) in [6, 6.07) is 4.61. The van der Waals surface area contributed by atoms with Crippen LogP contribution in [0.4, 0.5) is 5.69 Å². The Labute approximate surface area is 127 Å².